The van der Waals surface area contributed by atoms with E-state index in [0.29, 0.717) is 48.0 Å². The van der Waals surface area contributed by atoms with Gasteiger partial charge in [0.1, 0.15) is 0 Å². The van der Waals surface area contributed by atoms with Gasteiger partial charge in [-0.15, -0.1) is 0 Å². The second-order valence-corrected chi connectivity index (χ2v) is 14.0. The largest absolute Gasteiger partial charge is 0.463 e. The van der Waals surface area contributed by atoms with Crippen LogP contribution in [0.4, 0.5) is 0 Å². The van der Waals surface area contributed by atoms with Gasteiger partial charge in [-0.25, -0.2) is 19.2 Å². The number of rotatable bonds is 16. The number of carbonyl (C=O) groups excluding carboxylic acids is 4. The third-order valence-electron chi connectivity index (χ3n) is 10.6. The van der Waals surface area contributed by atoms with Crippen LogP contribution in [0.25, 0.3) is 0 Å². The van der Waals surface area contributed by atoms with Crippen molar-refractivity contribution >= 4 is 23.9 Å². The number of hydrogen-bond acceptors (Lipinski definition) is 10. The van der Waals surface area contributed by atoms with Crippen LogP contribution in [0.5, 0.6) is 0 Å². The van der Waals surface area contributed by atoms with Crippen molar-refractivity contribution in [2.45, 2.75) is 101 Å². The van der Waals surface area contributed by atoms with Crippen LogP contribution in [-0.2, 0) is 38.0 Å². The summed E-state index contributed by atoms with van der Waals surface area (Å²) in [6.45, 7) is 8.10. The fourth-order valence-corrected chi connectivity index (χ4v) is 7.57. The van der Waals surface area contributed by atoms with Gasteiger partial charge in [0.05, 0.1) is 37.6 Å². The molecular weight excluding hydrogens is 664 g/mol. The van der Waals surface area contributed by atoms with Crippen molar-refractivity contribution in [3.8, 4) is 0 Å². The van der Waals surface area contributed by atoms with E-state index in [-0.39, 0.29) is 25.2 Å². The van der Waals surface area contributed by atoms with Crippen molar-refractivity contribution in [3.63, 3.8) is 0 Å². The highest BCUT2D eigenvalue weighted by Crippen LogP contribution is 2.39. The first kappa shape index (κ1) is 38.9. The van der Waals surface area contributed by atoms with E-state index in [1.165, 1.54) is 23.3 Å². The van der Waals surface area contributed by atoms with E-state index < -0.39 is 24.5 Å². The van der Waals surface area contributed by atoms with Crippen LogP contribution in [0.15, 0.2) is 73.8 Å². The van der Waals surface area contributed by atoms with Gasteiger partial charge in [0.15, 0.2) is 0 Å². The predicted octanol–water partition coefficient (Wildman–Crippen LogP) is 7.97. The fraction of sp³-hybridized carbons (Fsp3) is 0.524. The third-order valence-corrected chi connectivity index (χ3v) is 10.6. The zero-order valence-electron chi connectivity index (χ0n) is 30.0. The summed E-state index contributed by atoms with van der Waals surface area (Å²) in [4.78, 5) is 48.6. The first-order chi connectivity index (χ1) is 25.3. The van der Waals surface area contributed by atoms with Crippen LogP contribution < -0.4 is 0 Å². The molecule has 0 bridgehead atoms. The molecule has 1 saturated heterocycles. The predicted molar refractivity (Wildman–Crippen MR) is 193 cm³/mol. The SMILES string of the molecule is C=CC(=O)OCCCC1CCC(c2ccc(C(=O)O[C@@H]3OCCO[C@H]3OC(=O)c3ccc(C4CCC(CCCOC(=O)C=C)CC4)cc3)cc2)CC1. The average molecular weight is 717 g/mol. The van der Waals surface area contributed by atoms with E-state index in [9.17, 15) is 19.2 Å². The smallest absolute Gasteiger partial charge is 0.340 e. The summed E-state index contributed by atoms with van der Waals surface area (Å²) in [6.07, 6.45) is 12.6. The second-order valence-electron chi connectivity index (χ2n) is 14.0. The summed E-state index contributed by atoms with van der Waals surface area (Å²) < 4.78 is 32.7. The molecule has 52 heavy (non-hydrogen) atoms. The summed E-state index contributed by atoms with van der Waals surface area (Å²) in [5.74, 6) is 0.204. The van der Waals surface area contributed by atoms with E-state index in [4.69, 9.17) is 28.4 Å². The minimum Gasteiger partial charge on any atom is -0.463 e. The Bertz CT molecular complexity index is 1370. The molecule has 280 valence electrons. The lowest BCUT2D eigenvalue weighted by Crippen LogP contribution is -2.44. The molecule has 2 aromatic carbocycles. The van der Waals surface area contributed by atoms with Gasteiger partial charge in [-0.05, 0) is 136 Å². The molecular formula is C42H52O10. The van der Waals surface area contributed by atoms with E-state index >= 15 is 0 Å². The zero-order chi connectivity index (χ0) is 36.7. The highest BCUT2D eigenvalue weighted by molar-refractivity contribution is 5.90. The van der Waals surface area contributed by atoms with E-state index in [2.05, 4.69) is 13.2 Å². The maximum atomic E-state index is 13.1. The van der Waals surface area contributed by atoms with Crippen LogP contribution in [0, 0.1) is 11.8 Å². The van der Waals surface area contributed by atoms with Crippen molar-refractivity contribution in [3.05, 3.63) is 96.1 Å². The van der Waals surface area contributed by atoms with Gasteiger partial charge in [-0.3, -0.25) is 0 Å². The van der Waals surface area contributed by atoms with Crippen LogP contribution in [-0.4, -0.2) is 62.9 Å². The first-order valence-corrected chi connectivity index (χ1v) is 18.8. The fourth-order valence-electron chi connectivity index (χ4n) is 7.57. The van der Waals surface area contributed by atoms with Crippen molar-refractivity contribution in [2.75, 3.05) is 26.4 Å². The Hall–Kier alpha value is -4.28. The zero-order valence-corrected chi connectivity index (χ0v) is 30.0. The van der Waals surface area contributed by atoms with Gasteiger partial charge in [0, 0.05) is 12.2 Å². The maximum Gasteiger partial charge on any atom is 0.340 e. The molecule has 3 aliphatic rings. The molecule has 0 spiro atoms. The number of carbonyl (C=O) groups is 4. The van der Waals surface area contributed by atoms with Gasteiger partial charge in [-0.2, -0.15) is 0 Å². The van der Waals surface area contributed by atoms with E-state index in [1.54, 1.807) is 24.3 Å². The molecule has 1 heterocycles. The lowest BCUT2D eigenvalue weighted by atomic mass is 9.77. The molecule has 10 heteroatoms. The highest BCUT2D eigenvalue weighted by Gasteiger charge is 2.35. The van der Waals surface area contributed by atoms with Gasteiger partial charge in [-0.1, -0.05) is 37.4 Å². The lowest BCUT2D eigenvalue weighted by Gasteiger charge is -2.30. The Kier molecular flexibility index (Phi) is 15.0. The second kappa shape index (κ2) is 20.1. The minimum absolute atomic E-state index is 0.202. The van der Waals surface area contributed by atoms with Crippen LogP contribution in [0.2, 0.25) is 0 Å². The molecule has 1 aliphatic heterocycles. The number of hydrogen-bond donors (Lipinski definition) is 0. The Morgan fingerprint density at radius 2 is 0.942 bits per heavy atom. The van der Waals surface area contributed by atoms with Crippen LogP contribution in [0.1, 0.15) is 121 Å². The minimum atomic E-state index is -1.19. The molecule has 2 aromatic rings. The third kappa shape index (κ3) is 11.6. The average Bonchev–Trinajstić information content (AvgIpc) is 3.19. The Morgan fingerprint density at radius 1 is 0.577 bits per heavy atom. The summed E-state index contributed by atoms with van der Waals surface area (Å²) in [5.41, 5.74) is 3.14. The molecule has 0 radical (unpaired) electrons. The Balaban J connectivity index is 1.04. The number of esters is 4. The normalized spacial score (nSPS) is 24.5. The Morgan fingerprint density at radius 3 is 1.29 bits per heavy atom. The van der Waals surface area contributed by atoms with E-state index in [1.807, 2.05) is 24.3 Å². The van der Waals surface area contributed by atoms with Gasteiger partial charge in [0.25, 0.3) is 12.6 Å². The van der Waals surface area contributed by atoms with Gasteiger partial charge in [0.2, 0.25) is 0 Å². The molecule has 0 unspecified atom stereocenters. The number of ether oxygens (including phenoxy) is 6. The monoisotopic (exact) mass is 716 g/mol. The summed E-state index contributed by atoms with van der Waals surface area (Å²) in [6, 6.07) is 15.0. The molecule has 2 atom stereocenters. The lowest BCUT2D eigenvalue weighted by molar-refractivity contribution is -0.288. The van der Waals surface area contributed by atoms with Crippen molar-refractivity contribution in [2.24, 2.45) is 11.8 Å². The summed E-state index contributed by atoms with van der Waals surface area (Å²) >= 11 is 0. The standard InChI is InChI=1S/C42H52O10/c1-3-37(43)47-25-5-7-29-9-13-31(14-10-29)33-17-21-35(22-18-33)39(45)51-41-42(50-28-27-49-41)52-40(46)36-23-19-34(20-24-36)32-15-11-30(12-16-32)8-6-26-48-38(44)4-2/h3-4,17-24,29-32,41-42H,1-2,5-16,25-28H2/t29?,30?,31?,32?,41-,42-/m0/s1. The molecule has 0 N–H and O–H groups in total. The van der Waals surface area contributed by atoms with Crippen molar-refractivity contribution in [1.82, 2.24) is 0 Å². The van der Waals surface area contributed by atoms with Gasteiger partial charge < -0.3 is 28.4 Å². The molecule has 0 amide bonds. The summed E-state index contributed by atoms with van der Waals surface area (Å²) in [7, 11) is 0. The highest BCUT2D eigenvalue weighted by atomic mass is 16.8. The summed E-state index contributed by atoms with van der Waals surface area (Å²) in [5, 5.41) is 0. The van der Waals surface area contributed by atoms with Crippen LogP contribution in [0.3, 0.4) is 0 Å². The first-order valence-electron chi connectivity index (χ1n) is 18.8. The quantitative estimate of drug-likeness (QED) is 0.0732. The van der Waals surface area contributed by atoms with E-state index in [0.717, 1.165) is 77.0 Å². The number of benzene rings is 2. The molecule has 5 rings (SSSR count). The molecule has 0 aromatic heterocycles. The van der Waals surface area contributed by atoms with Crippen molar-refractivity contribution in [1.29, 1.82) is 0 Å². The van der Waals surface area contributed by atoms with Crippen molar-refractivity contribution < 1.29 is 47.6 Å². The Labute approximate surface area is 306 Å². The van der Waals surface area contributed by atoms with Gasteiger partial charge >= 0.3 is 23.9 Å². The molecule has 2 aliphatic carbocycles. The molecule has 10 nitrogen and oxygen atoms in total. The van der Waals surface area contributed by atoms with Crippen LogP contribution >= 0.6 is 0 Å². The topological polar surface area (TPSA) is 124 Å². The maximum absolute atomic E-state index is 13.1. The molecule has 3 fully saturated rings. The molecule has 2 saturated carbocycles.